The van der Waals surface area contributed by atoms with Gasteiger partial charge in [0.1, 0.15) is 0 Å². The second-order valence-corrected chi connectivity index (χ2v) is 2.44. The van der Waals surface area contributed by atoms with Crippen LogP contribution in [0.2, 0.25) is 0 Å². The predicted molar refractivity (Wildman–Crippen MR) is 42.0 cm³/mol. The van der Waals surface area contributed by atoms with Crippen LogP contribution in [0.25, 0.3) is 0 Å². The summed E-state index contributed by atoms with van der Waals surface area (Å²) in [6.45, 7) is 3.37. The van der Waals surface area contributed by atoms with Crippen LogP contribution in [0.4, 0.5) is 0 Å². The van der Waals surface area contributed by atoms with Crippen LogP contribution in [-0.4, -0.2) is 19.1 Å². The normalized spacial score (nSPS) is 18.8. The molecule has 0 aliphatic carbocycles. The third-order valence-corrected chi connectivity index (χ3v) is 1.45. The summed E-state index contributed by atoms with van der Waals surface area (Å²) in [6, 6.07) is 0. The molecule has 12 heavy (non-hydrogen) atoms. The van der Waals surface area contributed by atoms with Gasteiger partial charge in [-0.25, -0.2) is 0 Å². The maximum atomic E-state index is 10.9. The minimum Gasteiger partial charge on any atom is -0.496 e. The molecule has 0 saturated carbocycles. The number of hydrogen-bond donors (Lipinski definition) is 0. The molecule has 0 bridgehead atoms. The van der Waals surface area contributed by atoms with Crippen LogP contribution in [0.1, 0.15) is 19.3 Å². The van der Waals surface area contributed by atoms with Gasteiger partial charge in [0.2, 0.25) is 0 Å². The average Bonchev–Trinajstić information content (AvgIpc) is 2.00. The molecule has 1 aliphatic rings. The lowest BCUT2D eigenvalue weighted by atomic mass is 9.90. The van der Waals surface area contributed by atoms with Crippen LogP contribution in [0.5, 0.6) is 0 Å². The van der Waals surface area contributed by atoms with Crippen molar-refractivity contribution in [2.75, 3.05) is 0 Å². The summed E-state index contributed by atoms with van der Waals surface area (Å²) in [5, 5.41) is 0. The van der Waals surface area contributed by atoms with Gasteiger partial charge in [-0.2, -0.15) is 0 Å². The molecule has 0 radical (unpaired) electrons. The van der Waals surface area contributed by atoms with Crippen molar-refractivity contribution in [2.24, 2.45) is 0 Å². The van der Waals surface area contributed by atoms with Crippen LogP contribution >= 0.6 is 0 Å². The summed E-state index contributed by atoms with van der Waals surface area (Å²) in [7, 11) is -0.912. The summed E-state index contributed by atoms with van der Waals surface area (Å²) in [4.78, 5) is 21.7. The highest BCUT2D eigenvalue weighted by molar-refractivity contribution is 6.54. The number of rotatable bonds is 1. The fourth-order valence-corrected chi connectivity index (χ4v) is 0.874. The first kappa shape index (κ1) is 8.84. The van der Waals surface area contributed by atoms with E-state index in [0.717, 1.165) is 0 Å². The molecule has 0 N–H and O–H groups in total. The zero-order chi connectivity index (χ0) is 8.97. The monoisotopic (exact) mass is 168 g/mol. The fraction of sp³-hybridized carbons (Fsp3) is 0.429. The van der Waals surface area contributed by atoms with E-state index in [9.17, 15) is 9.59 Å². The Morgan fingerprint density at radius 1 is 1.25 bits per heavy atom. The highest BCUT2D eigenvalue weighted by Gasteiger charge is 2.26. The van der Waals surface area contributed by atoms with E-state index in [0.29, 0.717) is 6.42 Å². The van der Waals surface area contributed by atoms with Crippen molar-refractivity contribution >= 4 is 19.1 Å². The first-order chi connectivity index (χ1) is 5.72. The molecule has 1 fully saturated rings. The largest absolute Gasteiger partial charge is 0.628 e. The van der Waals surface area contributed by atoms with Crippen LogP contribution < -0.4 is 0 Å². The van der Waals surface area contributed by atoms with Gasteiger partial charge >= 0.3 is 7.12 Å². The van der Waals surface area contributed by atoms with E-state index < -0.39 is 7.12 Å². The molecule has 1 heterocycles. The van der Waals surface area contributed by atoms with E-state index in [4.69, 9.17) is 9.31 Å². The van der Waals surface area contributed by atoms with Gasteiger partial charge in [0.15, 0.2) is 0 Å². The van der Waals surface area contributed by atoms with Gasteiger partial charge in [-0.05, 0) is 12.4 Å². The molecule has 1 aliphatic heterocycles. The molecule has 5 heteroatoms. The molecule has 0 atom stereocenters. The molecule has 64 valence electrons. The van der Waals surface area contributed by atoms with Crippen molar-refractivity contribution in [3.63, 3.8) is 0 Å². The smallest absolute Gasteiger partial charge is 0.496 e. The maximum absolute atomic E-state index is 10.9. The molecule has 1 saturated heterocycles. The summed E-state index contributed by atoms with van der Waals surface area (Å²) in [5.74, 6) is 0.570. The zero-order valence-corrected chi connectivity index (χ0v) is 6.62. The van der Waals surface area contributed by atoms with Gasteiger partial charge in [-0.15, -0.1) is 6.58 Å². The van der Waals surface area contributed by atoms with Gasteiger partial charge < -0.3 is 9.31 Å². The van der Waals surface area contributed by atoms with E-state index in [1.54, 1.807) is 0 Å². The first-order valence-electron chi connectivity index (χ1n) is 3.74. The van der Waals surface area contributed by atoms with E-state index in [1.807, 2.05) is 0 Å². The number of carbonyl (C=O) groups excluding carboxylic acids is 2. The SMILES string of the molecule is C=CB1OC(=O)CCCC(=O)O1. The Morgan fingerprint density at radius 3 is 2.17 bits per heavy atom. The Kier molecular flexibility index (Phi) is 2.91. The number of hydrogen-bond acceptors (Lipinski definition) is 4. The lowest BCUT2D eigenvalue weighted by molar-refractivity contribution is -0.142. The topological polar surface area (TPSA) is 52.6 Å². The summed E-state index contributed by atoms with van der Waals surface area (Å²) in [6.07, 6.45) is 1.01. The van der Waals surface area contributed by atoms with Gasteiger partial charge in [0, 0.05) is 12.8 Å². The Morgan fingerprint density at radius 2 is 1.75 bits per heavy atom. The van der Waals surface area contributed by atoms with Crippen molar-refractivity contribution in [3.8, 4) is 0 Å². The molecule has 0 unspecified atom stereocenters. The van der Waals surface area contributed by atoms with Gasteiger partial charge in [-0.1, -0.05) is 0 Å². The quantitative estimate of drug-likeness (QED) is 0.534. The molecule has 4 nitrogen and oxygen atoms in total. The van der Waals surface area contributed by atoms with E-state index in [-0.39, 0.29) is 24.8 Å². The maximum Gasteiger partial charge on any atom is 0.628 e. The molecule has 0 aromatic heterocycles. The molecule has 0 amide bonds. The molecular formula is C7H9BO4. The lowest BCUT2D eigenvalue weighted by Crippen LogP contribution is -2.29. The van der Waals surface area contributed by atoms with E-state index in [2.05, 4.69) is 6.58 Å². The van der Waals surface area contributed by atoms with Gasteiger partial charge in [0.05, 0.1) is 0 Å². The van der Waals surface area contributed by atoms with Crippen LogP contribution in [0.15, 0.2) is 12.6 Å². The van der Waals surface area contributed by atoms with Crippen molar-refractivity contribution in [1.29, 1.82) is 0 Å². The number of carbonyl (C=O) groups is 2. The first-order valence-corrected chi connectivity index (χ1v) is 3.74. The van der Waals surface area contributed by atoms with Gasteiger partial charge in [0.25, 0.3) is 11.9 Å². The zero-order valence-electron chi connectivity index (χ0n) is 6.62. The fourth-order valence-electron chi connectivity index (χ4n) is 0.874. The summed E-state index contributed by atoms with van der Waals surface area (Å²) < 4.78 is 9.42. The summed E-state index contributed by atoms with van der Waals surface area (Å²) >= 11 is 0. The second-order valence-electron chi connectivity index (χ2n) is 2.44. The Balaban J connectivity index is 2.56. The third kappa shape index (κ3) is 2.41. The predicted octanol–water partition coefficient (Wildman–Crippen LogP) is 0.470. The van der Waals surface area contributed by atoms with Crippen LogP contribution in [-0.2, 0) is 18.9 Å². The molecule has 0 spiro atoms. The van der Waals surface area contributed by atoms with Crippen molar-refractivity contribution in [1.82, 2.24) is 0 Å². The van der Waals surface area contributed by atoms with Crippen LogP contribution in [0.3, 0.4) is 0 Å². The average molecular weight is 168 g/mol. The standard InChI is InChI=1S/C7H9BO4/c1-2-8-11-6(9)4-3-5-7(10)12-8/h2H,1,3-5H2. The van der Waals surface area contributed by atoms with E-state index >= 15 is 0 Å². The summed E-state index contributed by atoms with van der Waals surface area (Å²) in [5.41, 5.74) is 0. The Hall–Kier alpha value is -1.26. The Labute approximate surface area is 70.7 Å². The van der Waals surface area contributed by atoms with Gasteiger partial charge in [-0.3, -0.25) is 9.59 Å². The van der Waals surface area contributed by atoms with E-state index in [1.165, 1.54) is 5.98 Å². The molecule has 0 aromatic carbocycles. The Bertz CT molecular complexity index is 195. The van der Waals surface area contributed by atoms with Crippen molar-refractivity contribution in [2.45, 2.75) is 19.3 Å². The second kappa shape index (κ2) is 3.94. The van der Waals surface area contributed by atoms with Crippen molar-refractivity contribution < 1.29 is 18.9 Å². The highest BCUT2D eigenvalue weighted by atomic mass is 16.6. The lowest BCUT2D eigenvalue weighted by Gasteiger charge is -2.13. The third-order valence-electron chi connectivity index (χ3n) is 1.45. The van der Waals surface area contributed by atoms with Crippen molar-refractivity contribution in [3.05, 3.63) is 12.6 Å². The van der Waals surface area contributed by atoms with Crippen LogP contribution in [0, 0.1) is 0 Å². The minimum atomic E-state index is -0.912. The molecule has 1 rings (SSSR count). The minimum absolute atomic E-state index is 0.263. The molecular weight excluding hydrogens is 159 g/mol. The molecule has 0 aromatic rings. The highest BCUT2D eigenvalue weighted by Crippen LogP contribution is 2.07.